The molecule has 0 radical (unpaired) electrons. The zero-order valence-corrected chi connectivity index (χ0v) is 15.8. The van der Waals surface area contributed by atoms with E-state index in [1.54, 1.807) is 0 Å². The minimum atomic E-state index is -1.83. The van der Waals surface area contributed by atoms with E-state index in [9.17, 15) is 34.1 Å². The van der Waals surface area contributed by atoms with Gasteiger partial charge in [-0.05, 0) is 42.0 Å². The van der Waals surface area contributed by atoms with Crippen LogP contribution >= 0.6 is 11.6 Å². The van der Waals surface area contributed by atoms with E-state index in [1.165, 1.54) is 36.4 Å². The molecule has 154 valence electrons. The Bertz CT molecular complexity index is 1170. The number of carboxylic acids is 3. The zero-order valence-electron chi connectivity index (χ0n) is 15.0. The van der Waals surface area contributed by atoms with Gasteiger partial charge in [0.25, 0.3) is 0 Å². The molecule has 8 nitrogen and oxygen atoms in total. The summed E-state index contributed by atoms with van der Waals surface area (Å²) in [6, 6.07) is 8.44. The number of fused-ring (bicyclic) bond motifs is 1. The van der Waals surface area contributed by atoms with Crippen LogP contribution in [0.5, 0.6) is 0 Å². The number of anilines is 1. The fourth-order valence-corrected chi connectivity index (χ4v) is 3.21. The maximum atomic E-state index is 13.6. The first-order chi connectivity index (χ1) is 14.2. The van der Waals surface area contributed by atoms with Crippen molar-refractivity contribution in [2.24, 2.45) is 0 Å². The van der Waals surface area contributed by atoms with Gasteiger partial charge in [-0.2, -0.15) is 0 Å². The van der Waals surface area contributed by atoms with E-state index in [0.29, 0.717) is 15.9 Å². The van der Waals surface area contributed by atoms with Crippen molar-refractivity contribution in [2.45, 2.75) is 12.0 Å². The van der Waals surface area contributed by atoms with Crippen LogP contribution in [-0.2, 0) is 9.59 Å². The minimum Gasteiger partial charge on any atom is -0.481 e. The number of aromatic carboxylic acids is 1. The van der Waals surface area contributed by atoms with Crippen LogP contribution in [0.1, 0.15) is 21.8 Å². The van der Waals surface area contributed by atoms with Gasteiger partial charge in [0.2, 0.25) is 0 Å². The number of aliphatic carboxylic acids is 2. The van der Waals surface area contributed by atoms with Gasteiger partial charge in [0, 0.05) is 10.4 Å². The number of benzene rings is 2. The van der Waals surface area contributed by atoms with Gasteiger partial charge in [0.1, 0.15) is 29.2 Å². The molecule has 0 aliphatic carbocycles. The number of carboxylic acid groups (broad SMARTS) is 3. The Balaban J connectivity index is 2.12. The summed E-state index contributed by atoms with van der Waals surface area (Å²) in [5.74, 6) is -7.33. The number of nitrogens with zero attached hydrogens (tertiary/aromatic N) is 1. The van der Waals surface area contributed by atoms with Gasteiger partial charge in [-0.15, -0.1) is 0 Å². The summed E-state index contributed by atoms with van der Waals surface area (Å²) in [6.07, 6.45) is 0. The van der Waals surface area contributed by atoms with Crippen LogP contribution in [0.2, 0.25) is 5.02 Å². The Morgan fingerprint density at radius 3 is 2.33 bits per heavy atom. The largest absolute Gasteiger partial charge is 0.481 e. The molecule has 0 aliphatic rings. The fourth-order valence-electron chi connectivity index (χ4n) is 3.03. The lowest BCUT2D eigenvalue weighted by atomic mass is 9.91. The number of pyridine rings is 1. The van der Waals surface area contributed by atoms with Gasteiger partial charge in [-0.1, -0.05) is 23.7 Å². The van der Waals surface area contributed by atoms with Crippen molar-refractivity contribution in [1.29, 1.82) is 0 Å². The highest BCUT2D eigenvalue weighted by Gasteiger charge is 2.36. The lowest BCUT2D eigenvalue weighted by Crippen LogP contribution is -2.40. The van der Waals surface area contributed by atoms with Crippen LogP contribution < -0.4 is 5.32 Å². The molecule has 1 aromatic heterocycles. The molecule has 30 heavy (non-hydrogen) atoms. The Hall–Kier alpha value is -3.72. The second kappa shape index (κ2) is 8.34. The molecule has 0 saturated carbocycles. The van der Waals surface area contributed by atoms with Crippen LogP contribution in [0.4, 0.5) is 10.2 Å². The molecule has 0 fully saturated rings. The van der Waals surface area contributed by atoms with Crippen LogP contribution in [0.3, 0.4) is 0 Å². The van der Waals surface area contributed by atoms with E-state index in [2.05, 4.69) is 10.3 Å². The average molecular weight is 433 g/mol. The molecule has 0 saturated heterocycles. The van der Waals surface area contributed by atoms with Crippen LogP contribution in [0.25, 0.3) is 10.9 Å². The number of rotatable bonds is 7. The summed E-state index contributed by atoms with van der Waals surface area (Å²) in [6.45, 7) is 0. The molecule has 10 heteroatoms. The van der Waals surface area contributed by atoms with E-state index >= 15 is 0 Å². The molecule has 2 atom stereocenters. The third kappa shape index (κ3) is 4.31. The molecule has 4 N–H and O–H groups in total. The quantitative estimate of drug-likeness (QED) is 0.445. The van der Waals surface area contributed by atoms with Crippen molar-refractivity contribution in [3.05, 3.63) is 70.5 Å². The van der Waals surface area contributed by atoms with E-state index in [0.717, 1.165) is 12.1 Å². The normalized spacial score (nSPS) is 12.9. The van der Waals surface area contributed by atoms with E-state index in [1.807, 2.05) is 0 Å². The highest BCUT2D eigenvalue weighted by molar-refractivity contribution is 6.31. The van der Waals surface area contributed by atoms with Crippen molar-refractivity contribution < 1.29 is 34.1 Å². The second-order valence-corrected chi connectivity index (χ2v) is 6.79. The van der Waals surface area contributed by atoms with Crippen LogP contribution in [-0.4, -0.2) is 44.3 Å². The molecule has 0 amide bonds. The number of carbonyl (C=O) groups is 3. The molecule has 1 heterocycles. The first-order valence-electron chi connectivity index (χ1n) is 8.48. The predicted molar refractivity (Wildman–Crippen MR) is 106 cm³/mol. The highest BCUT2D eigenvalue weighted by Crippen LogP contribution is 2.28. The summed E-state index contributed by atoms with van der Waals surface area (Å²) >= 11 is 5.91. The summed E-state index contributed by atoms with van der Waals surface area (Å²) in [5.41, 5.74) is -0.167. The van der Waals surface area contributed by atoms with Gasteiger partial charge < -0.3 is 20.6 Å². The van der Waals surface area contributed by atoms with Gasteiger partial charge in [0.05, 0.1) is 5.52 Å². The van der Waals surface area contributed by atoms with Crippen molar-refractivity contribution >= 4 is 46.2 Å². The van der Waals surface area contributed by atoms with Gasteiger partial charge in [-0.25, -0.2) is 19.0 Å². The predicted octanol–water partition coefficient (Wildman–Crippen LogP) is 3.46. The highest BCUT2D eigenvalue weighted by atomic mass is 35.5. The van der Waals surface area contributed by atoms with Crippen molar-refractivity contribution in [3.8, 4) is 0 Å². The Morgan fingerprint density at radius 1 is 1.00 bits per heavy atom. The Labute approximate surface area is 173 Å². The maximum Gasteiger partial charge on any atom is 0.339 e. The molecule has 0 spiro atoms. The SMILES string of the molecule is O=C(O)c1cc2cc(Cl)ccc2nc1NC(C(=O)O)C(C(=O)O)c1cccc(F)c1. The number of nitrogens with one attached hydrogen (secondary N) is 1. The van der Waals surface area contributed by atoms with E-state index < -0.39 is 35.7 Å². The standard InChI is InChI=1S/C20H14ClFN2O6/c21-11-4-5-14-10(6-11)8-13(18(25)26)17(23-14)24-16(20(29)30)15(19(27)28)9-2-1-3-12(22)7-9/h1-8,15-16H,(H,23,24)(H,25,26)(H,27,28)(H,29,30). The van der Waals surface area contributed by atoms with Crippen LogP contribution in [0, 0.1) is 5.82 Å². The van der Waals surface area contributed by atoms with Crippen molar-refractivity contribution in [2.75, 3.05) is 5.32 Å². The minimum absolute atomic E-state index is 0.105. The average Bonchev–Trinajstić information content (AvgIpc) is 2.66. The lowest BCUT2D eigenvalue weighted by Gasteiger charge is -2.23. The third-order valence-corrected chi connectivity index (χ3v) is 4.61. The maximum absolute atomic E-state index is 13.6. The number of halogens is 2. The molecular weight excluding hydrogens is 419 g/mol. The van der Waals surface area contributed by atoms with Gasteiger partial charge >= 0.3 is 17.9 Å². The zero-order chi connectivity index (χ0) is 22.0. The first kappa shape index (κ1) is 21.0. The van der Waals surface area contributed by atoms with Gasteiger partial charge in [0.15, 0.2) is 0 Å². The smallest absolute Gasteiger partial charge is 0.339 e. The Kier molecular flexibility index (Phi) is 5.84. The molecule has 2 unspecified atom stereocenters. The van der Waals surface area contributed by atoms with E-state index in [-0.39, 0.29) is 16.9 Å². The summed E-state index contributed by atoms with van der Waals surface area (Å²) < 4.78 is 13.6. The molecular formula is C20H14ClFN2O6. The van der Waals surface area contributed by atoms with Crippen LogP contribution in [0.15, 0.2) is 48.5 Å². The van der Waals surface area contributed by atoms with Gasteiger partial charge in [-0.3, -0.25) is 4.79 Å². The molecule has 2 aromatic carbocycles. The summed E-state index contributed by atoms with van der Waals surface area (Å²) in [4.78, 5) is 39.5. The van der Waals surface area contributed by atoms with Crippen molar-refractivity contribution in [3.63, 3.8) is 0 Å². The summed E-state index contributed by atoms with van der Waals surface area (Å²) in [5, 5.41) is 31.9. The first-order valence-corrected chi connectivity index (χ1v) is 8.86. The molecule has 3 rings (SSSR count). The number of aromatic nitrogens is 1. The molecule has 0 bridgehead atoms. The number of hydrogen-bond acceptors (Lipinski definition) is 5. The number of hydrogen-bond donors (Lipinski definition) is 4. The molecule has 0 aliphatic heterocycles. The lowest BCUT2D eigenvalue weighted by molar-refractivity contribution is -0.146. The topological polar surface area (TPSA) is 137 Å². The second-order valence-electron chi connectivity index (χ2n) is 6.36. The van der Waals surface area contributed by atoms with E-state index in [4.69, 9.17) is 11.6 Å². The molecule has 3 aromatic rings. The monoisotopic (exact) mass is 432 g/mol. The summed E-state index contributed by atoms with van der Waals surface area (Å²) in [7, 11) is 0. The Morgan fingerprint density at radius 2 is 1.73 bits per heavy atom. The fraction of sp³-hybridized carbons (Fsp3) is 0.100. The third-order valence-electron chi connectivity index (χ3n) is 4.37. The van der Waals surface area contributed by atoms with Crippen molar-refractivity contribution in [1.82, 2.24) is 4.98 Å².